The standard InChI is InChI=1S/C19H23F2N2.2C2H6/c1-6-16-19(5,7-2)14-8-13(20)9-15(21)17(14)18-12(4)22-11(3)10-23(16)18;2*1-2/h8-10,16H,6-7H2,1-5H3;2*1-2H3/q+1;;/t16-,19?;;/m1../s1. The van der Waals surface area contributed by atoms with Gasteiger partial charge in [-0.05, 0) is 38.8 Å². The molecular weight excluding hydrogens is 342 g/mol. The molecule has 1 unspecified atom stereocenters. The summed E-state index contributed by atoms with van der Waals surface area (Å²) in [6.07, 6.45) is 3.70. The third-order valence-electron chi connectivity index (χ3n) is 5.37. The fourth-order valence-corrected chi connectivity index (χ4v) is 4.18. The first-order valence-corrected chi connectivity index (χ1v) is 10.2. The highest BCUT2D eigenvalue weighted by atomic mass is 19.1. The van der Waals surface area contributed by atoms with Crippen LogP contribution < -0.4 is 4.57 Å². The number of aromatic nitrogens is 2. The number of halogens is 2. The van der Waals surface area contributed by atoms with Gasteiger partial charge in [-0.3, -0.25) is 0 Å². The van der Waals surface area contributed by atoms with E-state index in [2.05, 4.69) is 30.3 Å². The van der Waals surface area contributed by atoms with Gasteiger partial charge in [-0.25, -0.2) is 13.8 Å². The Hall–Kier alpha value is -1.84. The van der Waals surface area contributed by atoms with Gasteiger partial charge in [0, 0.05) is 12.5 Å². The second-order valence-electron chi connectivity index (χ2n) is 6.73. The highest BCUT2D eigenvalue weighted by Crippen LogP contribution is 2.47. The Morgan fingerprint density at radius 1 is 1.07 bits per heavy atom. The predicted molar refractivity (Wildman–Crippen MR) is 109 cm³/mol. The van der Waals surface area contributed by atoms with Gasteiger partial charge in [-0.1, -0.05) is 41.5 Å². The van der Waals surface area contributed by atoms with Crippen molar-refractivity contribution >= 4 is 0 Å². The van der Waals surface area contributed by atoms with E-state index in [0.717, 1.165) is 41.6 Å². The Morgan fingerprint density at radius 2 is 1.67 bits per heavy atom. The van der Waals surface area contributed by atoms with Gasteiger partial charge in [-0.2, -0.15) is 4.57 Å². The van der Waals surface area contributed by atoms with Crippen LogP contribution in [0.2, 0.25) is 0 Å². The van der Waals surface area contributed by atoms with Crippen LogP contribution in [-0.4, -0.2) is 4.98 Å². The Labute approximate surface area is 163 Å². The zero-order valence-electron chi connectivity index (χ0n) is 18.4. The molecule has 150 valence electrons. The van der Waals surface area contributed by atoms with Crippen LogP contribution >= 0.6 is 0 Å². The summed E-state index contributed by atoms with van der Waals surface area (Å²) in [6, 6.07) is 2.63. The Kier molecular flexibility index (Phi) is 8.06. The summed E-state index contributed by atoms with van der Waals surface area (Å²) in [5.41, 5.74) is 3.43. The van der Waals surface area contributed by atoms with Crippen LogP contribution in [0, 0.1) is 25.5 Å². The first-order valence-electron chi connectivity index (χ1n) is 10.2. The molecule has 0 N–H and O–H groups in total. The minimum absolute atomic E-state index is 0.150. The van der Waals surface area contributed by atoms with E-state index in [1.54, 1.807) is 0 Å². The molecule has 1 aromatic heterocycles. The number of aryl methyl sites for hydroxylation is 2. The zero-order chi connectivity index (χ0) is 20.9. The normalized spacial score (nSPS) is 19.7. The molecule has 0 spiro atoms. The summed E-state index contributed by atoms with van der Waals surface area (Å²) in [5, 5.41) is 0. The quantitative estimate of drug-likeness (QED) is 0.538. The molecule has 3 rings (SSSR count). The van der Waals surface area contributed by atoms with Crippen LogP contribution in [0.15, 0.2) is 18.3 Å². The zero-order valence-corrected chi connectivity index (χ0v) is 18.4. The summed E-state index contributed by atoms with van der Waals surface area (Å²) >= 11 is 0. The van der Waals surface area contributed by atoms with E-state index in [9.17, 15) is 8.78 Å². The first-order chi connectivity index (χ1) is 12.8. The molecule has 27 heavy (non-hydrogen) atoms. The van der Waals surface area contributed by atoms with E-state index in [0.29, 0.717) is 5.56 Å². The maximum atomic E-state index is 14.7. The van der Waals surface area contributed by atoms with Crippen LogP contribution in [-0.2, 0) is 5.41 Å². The highest BCUT2D eigenvalue weighted by Gasteiger charge is 2.49. The molecule has 0 saturated heterocycles. The van der Waals surface area contributed by atoms with Gasteiger partial charge in [0.25, 0.3) is 0 Å². The van der Waals surface area contributed by atoms with E-state index >= 15 is 0 Å². The summed E-state index contributed by atoms with van der Waals surface area (Å²) in [4.78, 5) is 4.51. The minimum Gasteiger partial charge on any atom is -0.245 e. The molecule has 2 atom stereocenters. The van der Waals surface area contributed by atoms with Crippen LogP contribution in [0.3, 0.4) is 0 Å². The fraction of sp³-hybridized carbons (Fsp3) is 0.565. The molecule has 1 aliphatic heterocycles. The molecular formula is C23H35F2N2+. The van der Waals surface area contributed by atoms with E-state index in [1.807, 2.05) is 47.7 Å². The number of fused-ring (bicyclic) bond motifs is 3. The maximum absolute atomic E-state index is 14.7. The SMILES string of the molecule is CC.CC.CC[C@H]1[n+]2cc(C)nc(C)c2-c2c(F)cc(F)cc2C1(C)CC. The van der Waals surface area contributed by atoms with Crippen molar-refractivity contribution in [2.75, 3.05) is 0 Å². The van der Waals surface area contributed by atoms with Crippen molar-refractivity contribution in [2.24, 2.45) is 0 Å². The molecule has 0 amide bonds. The summed E-state index contributed by atoms with van der Waals surface area (Å²) in [7, 11) is 0. The number of hydrogen-bond donors (Lipinski definition) is 0. The average molecular weight is 378 g/mol. The van der Waals surface area contributed by atoms with Crippen molar-refractivity contribution in [2.45, 2.75) is 86.6 Å². The van der Waals surface area contributed by atoms with E-state index in [4.69, 9.17) is 0 Å². The molecule has 4 heteroatoms. The molecule has 0 saturated carbocycles. The Morgan fingerprint density at radius 3 is 2.19 bits per heavy atom. The van der Waals surface area contributed by atoms with Crippen molar-refractivity contribution in [1.29, 1.82) is 0 Å². The van der Waals surface area contributed by atoms with Gasteiger partial charge in [0.05, 0.1) is 11.0 Å². The summed E-state index contributed by atoms with van der Waals surface area (Å²) in [6.45, 7) is 18.2. The van der Waals surface area contributed by atoms with Gasteiger partial charge >= 0.3 is 0 Å². The fourth-order valence-electron chi connectivity index (χ4n) is 4.18. The molecule has 0 radical (unpaired) electrons. The second kappa shape index (κ2) is 9.38. The third kappa shape index (κ3) is 3.90. The molecule has 2 nitrogen and oxygen atoms in total. The Balaban J connectivity index is 0.000000855. The van der Waals surface area contributed by atoms with Crippen molar-refractivity contribution < 1.29 is 13.3 Å². The highest BCUT2D eigenvalue weighted by molar-refractivity contribution is 5.67. The van der Waals surface area contributed by atoms with Gasteiger partial charge in [-0.15, -0.1) is 0 Å². The lowest BCUT2D eigenvalue weighted by Crippen LogP contribution is -2.55. The predicted octanol–water partition coefficient (Wildman–Crippen LogP) is 6.62. The van der Waals surface area contributed by atoms with E-state index in [1.165, 1.54) is 6.07 Å². The first kappa shape index (κ1) is 23.2. The molecule has 0 fully saturated rings. The van der Waals surface area contributed by atoms with Crippen molar-refractivity contribution in [3.05, 3.63) is 46.9 Å². The van der Waals surface area contributed by atoms with Crippen LogP contribution in [0.25, 0.3) is 11.3 Å². The second-order valence-corrected chi connectivity index (χ2v) is 6.73. The molecule has 1 aliphatic rings. The largest absolute Gasteiger partial charge is 0.245 e. The number of benzene rings is 1. The van der Waals surface area contributed by atoms with Crippen molar-refractivity contribution in [3.8, 4) is 11.3 Å². The topological polar surface area (TPSA) is 16.8 Å². The molecule has 0 bridgehead atoms. The van der Waals surface area contributed by atoms with Gasteiger partial charge < -0.3 is 0 Å². The van der Waals surface area contributed by atoms with Crippen LogP contribution in [0.1, 0.15) is 84.3 Å². The average Bonchev–Trinajstić information content (AvgIpc) is 2.65. The smallest absolute Gasteiger partial charge is 0.237 e. The minimum atomic E-state index is -0.512. The van der Waals surface area contributed by atoms with E-state index < -0.39 is 11.6 Å². The van der Waals surface area contributed by atoms with E-state index in [-0.39, 0.29) is 11.5 Å². The van der Waals surface area contributed by atoms with Gasteiger partial charge in [0.2, 0.25) is 5.69 Å². The summed E-state index contributed by atoms with van der Waals surface area (Å²) < 4.78 is 30.8. The molecule has 2 heterocycles. The van der Waals surface area contributed by atoms with Gasteiger partial charge in [0.1, 0.15) is 23.0 Å². The van der Waals surface area contributed by atoms with Crippen LogP contribution in [0.4, 0.5) is 8.78 Å². The molecule has 1 aromatic carbocycles. The monoisotopic (exact) mass is 377 g/mol. The van der Waals surface area contributed by atoms with Crippen LogP contribution in [0.5, 0.6) is 0 Å². The van der Waals surface area contributed by atoms with Crippen molar-refractivity contribution in [3.63, 3.8) is 0 Å². The Bertz CT molecular complexity index is 786. The molecule has 0 aliphatic carbocycles. The number of rotatable bonds is 2. The number of hydrogen-bond acceptors (Lipinski definition) is 1. The van der Waals surface area contributed by atoms with Gasteiger partial charge in [0.15, 0.2) is 12.2 Å². The summed E-state index contributed by atoms with van der Waals surface area (Å²) in [5.74, 6) is -1.02. The molecule has 2 aromatic rings. The maximum Gasteiger partial charge on any atom is 0.237 e. The van der Waals surface area contributed by atoms with Crippen molar-refractivity contribution in [1.82, 2.24) is 4.98 Å². The third-order valence-corrected chi connectivity index (χ3v) is 5.37. The lowest BCUT2D eigenvalue weighted by Gasteiger charge is -2.39. The lowest BCUT2D eigenvalue weighted by molar-refractivity contribution is -0.725. The number of nitrogens with zero attached hydrogens (tertiary/aromatic N) is 2. The lowest BCUT2D eigenvalue weighted by atomic mass is 9.68.